The number of carbonyl (C=O) groups excluding carboxylic acids is 2. The van der Waals surface area contributed by atoms with Crippen LogP contribution in [0.25, 0.3) is 0 Å². The highest BCUT2D eigenvalue weighted by atomic mass is 16.3. The first-order valence-electron chi connectivity index (χ1n) is 5.61. The van der Waals surface area contributed by atoms with Gasteiger partial charge in [0.05, 0.1) is 12.8 Å². The summed E-state index contributed by atoms with van der Waals surface area (Å²) in [6.07, 6.45) is 6.46. The number of hydrogen-bond donors (Lipinski definition) is 2. The summed E-state index contributed by atoms with van der Waals surface area (Å²) in [5.41, 5.74) is 0. The Morgan fingerprint density at radius 2 is 2.22 bits per heavy atom. The van der Waals surface area contributed by atoms with E-state index in [9.17, 15) is 9.59 Å². The normalized spacial score (nSPS) is 11.7. The molecule has 0 aliphatic heterocycles. The van der Waals surface area contributed by atoms with Crippen LogP contribution in [0, 0.1) is 18.3 Å². The number of hydrogen-bond acceptors (Lipinski definition) is 3. The summed E-state index contributed by atoms with van der Waals surface area (Å²) >= 11 is 0. The minimum atomic E-state index is -0.643. The Morgan fingerprint density at radius 3 is 2.72 bits per heavy atom. The maximum absolute atomic E-state index is 11.8. The van der Waals surface area contributed by atoms with E-state index in [0.717, 1.165) is 0 Å². The molecule has 1 atom stereocenters. The molecular weight excluding hydrogens is 232 g/mol. The lowest BCUT2D eigenvalue weighted by Gasteiger charge is -2.20. The number of amides is 2. The molecule has 96 valence electrons. The minimum absolute atomic E-state index is 0.0540. The molecule has 5 heteroatoms. The van der Waals surface area contributed by atoms with Crippen molar-refractivity contribution in [2.75, 3.05) is 6.54 Å². The highest BCUT2D eigenvalue weighted by Gasteiger charge is 2.24. The third kappa shape index (κ3) is 3.67. The zero-order chi connectivity index (χ0) is 13.5. The van der Waals surface area contributed by atoms with Crippen LogP contribution in [0.2, 0.25) is 0 Å². The Kier molecular flexibility index (Phi) is 5.00. The van der Waals surface area contributed by atoms with Crippen molar-refractivity contribution in [3.8, 4) is 12.3 Å². The van der Waals surface area contributed by atoms with Crippen molar-refractivity contribution in [2.45, 2.75) is 19.9 Å². The van der Waals surface area contributed by atoms with Gasteiger partial charge in [0.25, 0.3) is 5.91 Å². The smallest absolute Gasteiger partial charge is 0.287 e. The molecule has 1 aromatic rings. The van der Waals surface area contributed by atoms with E-state index >= 15 is 0 Å². The summed E-state index contributed by atoms with van der Waals surface area (Å²) in [6, 6.07) is 2.50. The number of nitrogens with one attached hydrogen (secondary N) is 2. The number of rotatable bonds is 5. The summed E-state index contributed by atoms with van der Waals surface area (Å²) in [5, 5.41) is 5.16. The van der Waals surface area contributed by atoms with Gasteiger partial charge >= 0.3 is 0 Å². The van der Waals surface area contributed by atoms with E-state index in [4.69, 9.17) is 10.8 Å². The van der Waals surface area contributed by atoms with Gasteiger partial charge in [0, 0.05) is 0 Å². The van der Waals surface area contributed by atoms with Crippen molar-refractivity contribution < 1.29 is 14.0 Å². The summed E-state index contributed by atoms with van der Waals surface area (Å²) in [5.74, 6) is 1.70. The maximum Gasteiger partial charge on any atom is 0.287 e. The van der Waals surface area contributed by atoms with Crippen molar-refractivity contribution in [1.82, 2.24) is 10.6 Å². The standard InChI is InChI=1S/C13H16N2O3/c1-4-7-14-13(17)11(9(2)3)15-12(16)10-6-5-8-18-10/h1,5-6,8-9,11H,7H2,2-3H3,(H,14,17)(H,15,16). The maximum atomic E-state index is 11.8. The van der Waals surface area contributed by atoms with Gasteiger partial charge in [-0.2, -0.15) is 0 Å². The molecule has 0 radical (unpaired) electrons. The second-order valence-corrected chi connectivity index (χ2v) is 4.09. The average molecular weight is 248 g/mol. The lowest BCUT2D eigenvalue weighted by atomic mass is 10.0. The molecule has 0 fully saturated rings. The van der Waals surface area contributed by atoms with Crippen LogP contribution >= 0.6 is 0 Å². The van der Waals surface area contributed by atoms with E-state index in [2.05, 4.69) is 16.6 Å². The van der Waals surface area contributed by atoms with Gasteiger partial charge < -0.3 is 15.1 Å². The van der Waals surface area contributed by atoms with Crippen molar-refractivity contribution >= 4 is 11.8 Å². The monoisotopic (exact) mass is 248 g/mol. The summed E-state index contributed by atoms with van der Waals surface area (Å²) in [4.78, 5) is 23.6. The van der Waals surface area contributed by atoms with Crippen molar-refractivity contribution in [2.24, 2.45) is 5.92 Å². The SMILES string of the molecule is C#CCNC(=O)C(NC(=O)c1ccco1)C(C)C. The molecule has 5 nitrogen and oxygen atoms in total. The Hall–Kier alpha value is -2.22. The van der Waals surface area contributed by atoms with Gasteiger partial charge in [-0.3, -0.25) is 9.59 Å². The molecule has 1 unspecified atom stereocenters. The van der Waals surface area contributed by atoms with Crippen LogP contribution < -0.4 is 10.6 Å². The molecule has 1 rings (SSSR count). The van der Waals surface area contributed by atoms with Crippen LogP contribution in [0.5, 0.6) is 0 Å². The molecule has 2 amide bonds. The van der Waals surface area contributed by atoms with Crippen LogP contribution in [0.4, 0.5) is 0 Å². The Morgan fingerprint density at radius 1 is 1.50 bits per heavy atom. The van der Waals surface area contributed by atoms with Crippen LogP contribution in [-0.4, -0.2) is 24.4 Å². The quantitative estimate of drug-likeness (QED) is 0.756. The van der Waals surface area contributed by atoms with Gasteiger partial charge in [-0.05, 0) is 18.1 Å². The van der Waals surface area contributed by atoms with Crippen LogP contribution in [0.3, 0.4) is 0 Å². The predicted octanol–water partition coefficient (Wildman–Crippen LogP) is 0.783. The molecule has 0 saturated heterocycles. The third-order valence-corrected chi connectivity index (χ3v) is 2.35. The first kappa shape index (κ1) is 13.8. The first-order chi connectivity index (χ1) is 8.56. The molecule has 0 saturated carbocycles. The molecule has 1 aromatic heterocycles. The fourth-order valence-corrected chi connectivity index (χ4v) is 1.40. The largest absolute Gasteiger partial charge is 0.459 e. The third-order valence-electron chi connectivity index (χ3n) is 2.35. The van der Waals surface area contributed by atoms with Crippen LogP contribution in [-0.2, 0) is 4.79 Å². The van der Waals surface area contributed by atoms with Gasteiger partial charge in [-0.1, -0.05) is 19.8 Å². The topological polar surface area (TPSA) is 71.3 Å². The van der Waals surface area contributed by atoms with Crippen molar-refractivity contribution in [1.29, 1.82) is 0 Å². The van der Waals surface area contributed by atoms with Gasteiger partial charge in [0.2, 0.25) is 5.91 Å². The fourth-order valence-electron chi connectivity index (χ4n) is 1.40. The van der Waals surface area contributed by atoms with Gasteiger partial charge in [0.1, 0.15) is 6.04 Å². The van der Waals surface area contributed by atoms with E-state index in [0.29, 0.717) is 0 Å². The van der Waals surface area contributed by atoms with E-state index in [1.54, 1.807) is 6.07 Å². The summed E-state index contributed by atoms with van der Waals surface area (Å²) in [7, 11) is 0. The lowest BCUT2D eigenvalue weighted by Crippen LogP contribution is -2.49. The zero-order valence-corrected chi connectivity index (χ0v) is 10.4. The average Bonchev–Trinajstić information content (AvgIpc) is 2.86. The van der Waals surface area contributed by atoms with Crippen molar-refractivity contribution in [3.63, 3.8) is 0 Å². The second kappa shape index (κ2) is 6.50. The van der Waals surface area contributed by atoms with E-state index in [1.165, 1.54) is 12.3 Å². The highest BCUT2D eigenvalue weighted by Crippen LogP contribution is 2.05. The Labute approximate surface area is 106 Å². The van der Waals surface area contributed by atoms with Crippen molar-refractivity contribution in [3.05, 3.63) is 24.2 Å². The van der Waals surface area contributed by atoms with E-state index in [-0.39, 0.29) is 24.1 Å². The summed E-state index contributed by atoms with van der Waals surface area (Å²) in [6.45, 7) is 3.81. The summed E-state index contributed by atoms with van der Waals surface area (Å²) < 4.78 is 4.96. The molecule has 0 bridgehead atoms. The number of carbonyl (C=O) groups is 2. The molecule has 2 N–H and O–H groups in total. The van der Waals surface area contributed by atoms with Gasteiger partial charge in [-0.15, -0.1) is 6.42 Å². The first-order valence-corrected chi connectivity index (χ1v) is 5.61. The molecule has 0 aliphatic carbocycles. The second-order valence-electron chi connectivity index (χ2n) is 4.09. The number of furan rings is 1. The number of terminal acetylenes is 1. The molecule has 1 heterocycles. The molecule has 0 spiro atoms. The van der Waals surface area contributed by atoms with Crippen LogP contribution in [0.15, 0.2) is 22.8 Å². The van der Waals surface area contributed by atoms with E-state index < -0.39 is 11.9 Å². The minimum Gasteiger partial charge on any atom is -0.459 e. The zero-order valence-electron chi connectivity index (χ0n) is 10.4. The fraction of sp³-hybridized carbons (Fsp3) is 0.385. The molecule has 0 aliphatic rings. The van der Waals surface area contributed by atoms with E-state index in [1.807, 2.05) is 13.8 Å². The van der Waals surface area contributed by atoms with Gasteiger partial charge in [-0.25, -0.2) is 0 Å². The molecular formula is C13H16N2O3. The Balaban J connectivity index is 2.66. The lowest BCUT2D eigenvalue weighted by molar-refractivity contribution is -0.123. The predicted molar refractivity (Wildman–Crippen MR) is 66.6 cm³/mol. The molecule has 0 aromatic carbocycles. The molecule has 18 heavy (non-hydrogen) atoms. The van der Waals surface area contributed by atoms with Crippen LogP contribution in [0.1, 0.15) is 24.4 Å². The van der Waals surface area contributed by atoms with Gasteiger partial charge in [0.15, 0.2) is 5.76 Å². The Bertz CT molecular complexity index is 443. The highest BCUT2D eigenvalue weighted by molar-refractivity contribution is 5.95.